The van der Waals surface area contributed by atoms with Gasteiger partial charge in [-0.2, -0.15) is 0 Å². The van der Waals surface area contributed by atoms with Crippen LogP contribution in [0.15, 0.2) is 30.5 Å². The van der Waals surface area contributed by atoms with Crippen molar-refractivity contribution in [2.75, 3.05) is 6.61 Å². The SMILES string of the molecule is CCOC(=O)c1cc(Cl)cc(-n2cccc2C=O)c1OC(C)=O. The first kappa shape index (κ1) is 16.8. The predicted octanol–water partition coefficient (Wildman–Crippen LogP) is 3.05. The number of nitrogens with zero attached hydrogens (tertiary/aromatic N) is 1. The molecule has 0 aliphatic heterocycles. The molecule has 0 N–H and O–H groups in total. The summed E-state index contributed by atoms with van der Waals surface area (Å²) in [4.78, 5) is 34.7. The van der Waals surface area contributed by atoms with Crippen molar-refractivity contribution < 1.29 is 23.9 Å². The van der Waals surface area contributed by atoms with Crippen LogP contribution in [-0.4, -0.2) is 29.4 Å². The van der Waals surface area contributed by atoms with E-state index in [4.69, 9.17) is 21.1 Å². The van der Waals surface area contributed by atoms with Gasteiger partial charge in [0.15, 0.2) is 12.0 Å². The monoisotopic (exact) mass is 335 g/mol. The summed E-state index contributed by atoms with van der Waals surface area (Å²) in [6, 6.07) is 6.07. The van der Waals surface area contributed by atoms with E-state index in [1.165, 1.54) is 23.6 Å². The van der Waals surface area contributed by atoms with E-state index in [0.29, 0.717) is 17.7 Å². The first-order chi connectivity index (χ1) is 11.0. The number of esters is 2. The molecule has 2 aromatic rings. The molecule has 0 aliphatic carbocycles. The standard InChI is InChI=1S/C16H14ClNO5/c1-3-22-16(21)13-7-11(17)8-14(15(13)23-10(2)20)18-6-4-5-12(18)9-19/h4-9H,3H2,1-2H3. The topological polar surface area (TPSA) is 74.6 Å². The average molecular weight is 336 g/mol. The van der Waals surface area contributed by atoms with Gasteiger partial charge in [0.05, 0.1) is 18.0 Å². The molecule has 0 saturated carbocycles. The fourth-order valence-electron chi connectivity index (χ4n) is 2.08. The van der Waals surface area contributed by atoms with Gasteiger partial charge in [-0.15, -0.1) is 0 Å². The zero-order chi connectivity index (χ0) is 17.0. The summed E-state index contributed by atoms with van der Waals surface area (Å²) in [5, 5.41) is 0.240. The highest BCUT2D eigenvalue weighted by molar-refractivity contribution is 6.31. The van der Waals surface area contributed by atoms with Crippen molar-refractivity contribution in [3.63, 3.8) is 0 Å². The maximum atomic E-state index is 12.1. The fraction of sp³-hybridized carbons (Fsp3) is 0.188. The molecule has 0 bridgehead atoms. The van der Waals surface area contributed by atoms with Gasteiger partial charge in [0.1, 0.15) is 5.56 Å². The van der Waals surface area contributed by atoms with Crippen LogP contribution in [0.3, 0.4) is 0 Å². The zero-order valence-electron chi connectivity index (χ0n) is 12.5. The third-order valence-electron chi connectivity index (χ3n) is 2.94. The van der Waals surface area contributed by atoms with Gasteiger partial charge >= 0.3 is 11.9 Å². The average Bonchev–Trinajstić information content (AvgIpc) is 2.96. The number of benzene rings is 1. The maximum absolute atomic E-state index is 12.1. The molecule has 1 aromatic carbocycles. The smallest absolute Gasteiger partial charge is 0.342 e. The molecule has 1 heterocycles. The minimum absolute atomic E-state index is 0.00935. The quantitative estimate of drug-likeness (QED) is 0.477. The van der Waals surface area contributed by atoms with Gasteiger partial charge in [-0.25, -0.2) is 4.79 Å². The summed E-state index contributed by atoms with van der Waals surface area (Å²) in [5.41, 5.74) is 0.619. The molecule has 23 heavy (non-hydrogen) atoms. The number of aromatic nitrogens is 1. The number of hydrogen-bond donors (Lipinski definition) is 0. The van der Waals surface area contributed by atoms with E-state index in [1.54, 1.807) is 25.3 Å². The highest BCUT2D eigenvalue weighted by Gasteiger charge is 2.22. The van der Waals surface area contributed by atoms with E-state index < -0.39 is 11.9 Å². The lowest BCUT2D eigenvalue weighted by atomic mass is 10.1. The number of hydrogen-bond acceptors (Lipinski definition) is 5. The van der Waals surface area contributed by atoms with Crippen LogP contribution in [0.4, 0.5) is 0 Å². The first-order valence-corrected chi connectivity index (χ1v) is 7.17. The summed E-state index contributed by atoms with van der Waals surface area (Å²) >= 11 is 6.07. The first-order valence-electron chi connectivity index (χ1n) is 6.80. The van der Waals surface area contributed by atoms with Gasteiger partial charge in [-0.1, -0.05) is 11.6 Å². The number of rotatable bonds is 5. The molecule has 0 aliphatic rings. The molecular weight excluding hydrogens is 322 g/mol. The summed E-state index contributed by atoms with van der Waals surface area (Å²) in [6.45, 7) is 3.03. The molecule has 1 aromatic heterocycles. The lowest BCUT2D eigenvalue weighted by Gasteiger charge is -2.15. The lowest BCUT2D eigenvalue weighted by Crippen LogP contribution is -2.13. The Kier molecular flexibility index (Phi) is 5.18. The molecule has 0 spiro atoms. The molecule has 0 fully saturated rings. The molecule has 7 heteroatoms. The minimum atomic E-state index is -0.674. The Balaban J connectivity index is 2.71. The number of halogens is 1. The molecular formula is C16H14ClNO5. The van der Waals surface area contributed by atoms with Crippen LogP contribution in [-0.2, 0) is 9.53 Å². The van der Waals surface area contributed by atoms with Gasteiger partial charge in [0.25, 0.3) is 0 Å². The van der Waals surface area contributed by atoms with E-state index in [9.17, 15) is 14.4 Å². The normalized spacial score (nSPS) is 10.2. The van der Waals surface area contributed by atoms with Crippen LogP contribution >= 0.6 is 11.6 Å². The summed E-state index contributed by atoms with van der Waals surface area (Å²) in [7, 11) is 0. The molecule has 0 unspecified atom stereocenters. The number of carbonyl (C=O) groups is 3. The van der Waals surface area contributed by atoms with Gasteiger partial charge in [0.2, 0.25) is 0 Å². The second-order valence-electron chi connectivity index (χ2n) is 4.54. The molecule has 0 atom stereocenters. The van der Waals surface area contributed by atoms with E-state index in [0.717, 1.165) is 0 Å². The molecule has 120 valence electrons. The van der Waals surface area contributed by atoms with Crippen molar-refractivity contribution in [2.24, 2.45) is 0 Å². The maximum Gasteiger partial charge on any atom is 0.342 e. The Bertz CT molecular complexity index is 766. The molecule has 0 saturated heterocycles. The number of carbonyl (C=O) groups excluding carboxylic acids is 3. The van der Waals surface area contributed by atoms with Crippen LogP contribution in [0, 0.1) is 0 Å². The van der Waals surface area contributed by atoms with Gasteiger partial charge < -0.3 is 14.0 Å². The Morgan fingerprint density at radius 2 is 2.09 bits per heavy atom. The number of aldehydes is 1. The van der Waals surface area contributed by atoms with E-state index in [-0.39, 0.29) is 22.9 Å². The van der Waals surface area contributed by atoms with Crippen LogP contribution in [0.5, 0.6) is 5.75 Å². The van der Waals surface area contributed by atoms with Crippen molar-refractivity contribution in [3.05, 3.63) is 46.7 Å². The van der Waals surface area contributed by atoms with E-state index in [1.807, 2.05) is 0 Å². The van der Waals surface area contributed by atoms with Gasteiger partial charge in [0, 0.05) is 18.1 Å². The summed E-state index contributed by atoms with van der Waals surface area (Å²) in [5.74, 6) is -1.30. The Morgan fingerprint density at radius 1 is 1.35 bits per heavy atom. The van der Waals surface area contributed by atoms with Gasteiger partial charge in [-0.3, -0.25) is 9.59 Å². The minimum Gasteiger partial charge on any atom is -0.462 e. The highest BCUT2D eigenvalue weighted by Crippen LogP contribution is 2.33. The molecule has 0 radical (unpaired) electrons. The molecule has 2 rings (SSSR count). The predicted molar refractivity (Wildman–Crippen MR) is 83.4 cm³/mol. The Hall–Kier alpha value is -2.60. The van der Waals surface area contributed by atoms with Crippen molar-refractivity contribution in [1.29, 1.82) is 0 Å². The summed E-state index contributed by atoms with van der Waals surface area (Å²) < 4.78 is 11.6. The fourth-order valence-corrected chi connectivity index (χ4v) is 2.29. The lowest BCUT2D eigenvalue weighted by molar-refractivity contribution is -0.131. The summed E-state index contributed by atoms with van der Waals surface area (Å²) in [6.07, 6.45) is 2.24. The van der Waals surface area contributed by atoms with Crippen LogP contribution < -0.4 is 4.74 Å². The largest absolute Gasteiger partial charge is 0.462 e. The van der Waals surface area contributed by atoms with Gasteiger partial charge in [-0.05, 0) is 31.2 Å². The van der Waals surface area contributed by atoms with Crippen LogP contribution in [0.1, 0.15) is 34.7 Å². The third kappa shape index (κ3) is 3.60. The van der Waals surface area contributed by atoms with Crippen LogP contribution in [0.25, 0.3) is 5.69 Å². The zero-order valence-corrected chi connectivity index (χ0v) is 13.3. The molecule has 0 amide bonds. The second-order valence-corrected chi connectivity index (χ2v) is 4.97. The third-order valence-corrected chi connectivity index (χ3v) is 3.15. The van der Waals surface area contributed by atoms with Crippen LogP contribution in [0.2, 0.25) is 5.02 Å². The van der Waals surface area contributed by atoms with Crippen molar-refractivity contribution in [1.82, 2.24) is 4.57 Å². The van der Waals surface area contributed by atoms with Crippen molar-refractivity contribution in [3.8, 4) is 11.4 Å². The highest BCUT2D eigenvalue weighted by atomic mass is 35.5. The molecule has 6 nitrogen and oxygen atoms in total. The van der Waals surface area contributed by atoms with E-state index in [2.05, 4.69) is 0 Å². The van der Waals surface area contributed by atoms with E-state index >= 15 is 0 Å². The number of ether oxygens (including phenoxy) is 2. The second kappa shape index (κ2) is 7.11. The van der Waals surface area contributed by atoms with Crippen molar-refractivity contribution >= 4 is 29.8 Å². The Morgan fingerprint density at radius 3 is 2.70 bits per heavy atom. The van der Waals surface area contributed by atoms with Crippen molar-refractivity contribution in [2.45, 2.75) is 13.8 Å². The Labute approximate surface area is 137 Å².